The van der Waals surface area contributed by atoms with E-state index in [1.807, 2.05) is 0 Å². The molecule has 0 amide bonds. The quantitative estimate of drug-likeness (QED) is 0.0242. The van der Waals surface area contributed by atoms with Crippen molar-refractivity contribution in [3.63, 3.8) is 0 Å². The summed E-state index contributed by atoms with van der Waals surface area (Å²) in [5.41, 5.74) is 0. The number of rotatable bonds is 66. The van der Waals surface area contributed by atoms with Gasteiger partial charge in [-0.05, 0) is 64.2 Å². The summed E-state index contributed by atoms with van der Waals surface area (Å²) in [5, 5.41) is 0. The molecule has 0 spiro atoms. The van der Waals surface area contributed by atoms with E-state index in [4.69, 9.17) is 52.1 Å². The van der Waals surface area contributed by atoms with Crippen LogP contribution in [0.3, 0.4) is 0 Å². The van der Waals surface area contributed by atoms with E-state index in [0.717, 1.165) is 128 Å². The summed E-state index contributed by atoms with van der Waals surface area (Å²) < 4.78 is 67.0. The van der Waals surface area contributed by atoms with Gasteiger partial charge in [0.15, 0.2) is 12.2 Å². The molecule has 6 aliphatic heterocycles. The summed E-state index contributed by atoms with van der Waals surface area (Å²) in [5.74, 6) is -3.57. The Labute approximate surface area is 572 Å². The zero-order valence-corrected chi connectivity index (χ0v) is 60.7. The smallest absolute Gasteiger partial charge is 0.306 e. The Balaban J connectivity index is 0.958. The van der Waals surface area contributed by atoms with E-state index < -0.39 is 48.6 Å². The summed E-state index contributed by atoms with van der Waals surface area (Å²) in [4.78, 5) is 54.9. The average Bonchev–Trinajstić information content (AvgIpc) is 1.64. The molecule has 0 N–H and O–H groups in total. The zero-order chi connectivity index (χ0) is 66.7. The predicted molar refractivity (Wildman–Crippen MR) is 372 cm³/mol. The van der Waals surface area contributed by atoms with Gasteiger partial charge in [-0.1, -0.05) is 272 Å². The molecule has 0 aliphatic carbocycles. The van der Waals surface area contributed by atoms with Crippen LogP contribution in [0, 0.1) is 0 Å². The monoisotopic (exact) mass is 1330 g/mol. The number of hydrogen-bond donors (Lipinski definition) is 0. The highest BCUT2D eigenvalue weighted by Crippen LogP contribution is 2.42. The van der Waals surface area contributed by atoms with Gasteiger partial charge in [0.05, 0.1) is 61.0 Å². The molecule has 6 heterocycles. The third kappa shape index (κ3) is 35.1. The van der Waals surface area contributed by atoms with Gasteiger partial charge in [-0.2, -0.15) is 0 Å². The molecule has 15 nitrogen and oxygen atoms in total. The van der Waals surface area contributed by atoms with Crippen molar-refractivity contribution in [2.45, 2.75) is 460 Å². The van der Waals surface area contributed by atoms with Crippen molar-refractivity contribution in [1.29, 1.82) is 0 Å². The van der Waals surface area contributed by atoms with E-state index in [0.29, 0.717) is 86.7 Å². The molecule has 0 aromatic rings. The van der Waals surface area contributed by atoms with Crippen LogP contribution in [0.15, 0.2) is 0 Å². The van der Waals surface area contributed by atoms with Crippen molar-refractivity contribution in [2.24, 2.45) is 0 Å². The Morgan fingerprint density at radius 2 is 0.564 bits per heavy atom. The van der Waals surface area contributed by atoms with Crippen LogP contribution in [0.5, 0.6) is 0 Å². The highest BCUT2D eigenvalue weighted by molar-refractivity contribution is 5.71. The van der Waals surface area contributed by atoms with Gasteiger partial charge < -0.3 is 52.1 Å². The number of carbonyl (C=O) groups excluding carboxylic acids is 4. The highest BCUT2D eigenvalue weighted by atomic mass is 16.8. The Kier molecular flexibility index (Phi) is 42.2. The van der Waals surface area contributed by atoms with Crippen LogP contribution in [-0.2, 0) is 71.3 Å². The van der Waals surface area contributed by atoms with Crippen LogP contribution in [0.2, 0.25) is 0 Å². The molecule has 0 saturated carbocycles. The van der Waals surface area contributed by atoms with Crippen molar-refractivity contribution in [3.8, 4) is 0 Å². The van der Waals surface area contributed by atoms with Crippen molar-refractivity contribution >= 4 is 23.9 Å². The maximum absolute atomic E-state index is 14.0. The minimum absolute atomic E-state index is 0.146. The topological polar surface area (TPSA) is 186 Å². The summed E-state index contributed by atoms with van der Waals surface area (Å²) in [6, 6.07) is 0. The average molecular weight is 1330 g/mol. The molecule has 6 fully saturated rings. The Morgan fingerprint density at radius 3 is 0.915 bits per heavy atom. The van der Waals surface area contributed by atoms with E-state index in [-0.39, 0.29) is 38.3 Å². The second-order valence-corrected chi connectivity index (χ2v) is 29.6. The summed E-state index contributed by atoms with van der Waals surface area (Å²) in [6.07, 6.45) is 57.6. The molecular formula is C79H140O15. The molecule has 15 heteroatoms. The molecule has 94 heavy (non-hydrogen) atoms. The van der Waals surface area contributed by atoms with E-state index in [1.54, 1.807) is 0 Å². The molecule has 10 unspecified atom stereocenters. The van der Waals surface area contributed by atoms with Gasteiger partial charge in [-0.3, -0.25) is 19.2 Å². The van der Waals surface area contributed by atoms with Gasteiger partial charge in [0.2, 0.25) is 5.79 Å². The van der Waals surface area contributed by atoms with Crippen LogP contribution in [0.1, 0.15) is 374 Å². The van der Waals surface area contributed by atoms with Crippen LogP contribution in [0.4, 0.5) is 0 Å². The maximum atomic E-state index is 14.0. The fourth-order valence-corrected chi connectivity index (χ4v) is 14.6. The number of esters is 4. The van der Waals surface area contributed by atoms with E-state index in [9.17, 15) is 19.2 Å². The van der Waals surface area contributed by atoms with Gasteiger partial charge in [0.1, 0.15) is 19.3 Å². The highest BCUT2D eigenvalue weighted by Gasteiger charge is 2.61. The second-order valence-electron chi connectivity index (χ2n) is 29.6. The molecule has 0 aromatic carbocycles. The minimum Gasteiger partial charge on any atom is -0.463 e. The van der Waals surface area contributed by atoms with Crippen LogP contribution >= 0.6 is 0 Å². The largest absolute Gasteiger partial charge is 0.463 e. The van der Waals surface area contributed by atoms with E-state index in [1.165, 1.54) is 174 Å². The number of epoxide rings is 5. The zero-order valence-electron chi connectivity index (χ0n) is 60.7. The number of ether oxygens (including phenoxy) is 11. The first-order valence-electron chi connectivity index (χ1n) is 40.3. The SMILES string of the molecule is CCCCCCCCCCCCCCCCCC(=O)OC[C@H]1O[C@@](COC(=O)CCCCCCCC2OC2CC2OC2CCCCC)(OC)[C@@H](OC(=O)CCCCCCCC2OC2CCCCCCCC)[C@@H]1OC(=O)CCCCCCCC1OC1CC1OC1CCCCC. The lowest BCUT2D eigenvalue weighted by Crippen LogP contribution is -2.52. The van der Waals surface area contributed by atoms with Crippen molar-refractivity contribution in [1.82, 2.24) is 0 Å². The van der Waals surface area contributed by atoms with Gasteiger partial charge in [-0.25, -0.2) is 0 Å². The van der Waals surface area contributed by atoms with E-state index in [2.05, 4.69) is 27.7 Å². The van der Waals surface area contributed by atoms with Crippen LogP contribution in [-0.4, -0.2) is 129 Å². The molecule has 6 aliphatic rings. The molecular weight excluding hydrogens is 1190 g/mol. The number of methoxy groups -OCH3 is 1. The second kappa shape index (κ2) is 49.2. The summed E-state index contributed by atoms with van der Waals surface area (Å²) >= 11 is 0. The molecule has 0 radical (unpaired) electrons. The van der Waals surface area contributed by atoms with Crippen molar-refractivity contribution in [3.05, 3.63) is 0 Å². The summed E-state index contributed by atoms with van der Waals surface area (Å²) in [7, 11) is 1.42. The third-order valence-corrected chi connectivity index (χ3v) is 21.2. The fourth-order valence-electron chi connectivity index (χ4n) is 14.6. The first kappa shape index (κ1) is 80.6. The first-order chi connectivity index (χ1) is 46.1. The summed E-state index contributed by atoms with van der Waals surface area (Å²) in [6.45, 7) is 8.34. The molecule has 546 valence electrons. The maximum Gasteiger partial charge on any atom is 0.306 e. The molecule has 0 bridgehead atoms. The lowest BCUT2D eigenvalue weighted by atomic mass is 10.0. The molecule has 6 saturated heterocycles. The predicted octanol–water partition coefficient (Wildman–Crippen LogP) is 19.6. The van der Waals surface area contributed by atoms with Crippen molar-refractivity contribution in [2.75, 3.05) is 20.3 Å². The molecule has 0 aromatic heterocycles. The minimum atomic E-state index is -1.82. The Hall–Kier alpha value is -2.40. The van der Waals surface area contributed by atoms with Crippen LogP contribution in [0.25, 0.3) is 0 Å². The molecule has 14 atom stereocenters. The lowest BCUT2D eigenvalue weighted by Gasteiger charge is -2.32. The van der Waals surface area contributed by atoms with Gasteiger partial charge >= 0.3 is 23.9 Å². The number of unbranched alkanes of at least 4 members (excludes halogenated alkanes) is 35. The first-order valence-corrected chi connectivity index (χ1v) is 40.3. The normalized spacial score (nSPS) is 27.1. The number of carbonyl (C=O) groups is 4. The van der Waals surface area contributed by atoms with Gasteiger partial charge in [0.25, 0.3) is 0 Å². The molecule has 6 rings (SSSR count). The lowest BCUT2D eigenvalue weighted by molar-refractivity contribution is -0.271. The van der Waals surface area contributed by atoms with Gasteiger partial charge in [-0.15, -0.1) is 0 Å². The standard InChI is InChI=1S/C79H140O15/c1-6-10-14-16-18-19-20-21-22-23-24-25-26-34-44-54-73(80)85-60-72-77(92-75(82)56-46-36-29-33-43-53-67-71(91-67)59-69-65(89-69)49-39-13-9-4)78(93-76(83)57-47-37-28-31-41-51-63-62(87-63)50-40-30-17-15-11-7-2)79(84-5,94-72)61-86-74(81)55-45-35-27-32-42-52-66-70(90-66)58-68-64(88-68)48-38-12-8-3/h62-72,77-78H,6-61H2,1-5H3/t62?,63?,64?,65?,66?,67?,68?,69?,70?,71?,72-,77-,78+,79-/m1/s1. The number of hydrogen-bond acceptors (Lipinski definition) is 15. The van der Waals surface area contributed by atoms with Crippen LogP contribution < -0.4 is 0 Å². The third-order valence-electron chi connectivity index (χ3n) is 21.2. The Bertz CT molecular complexity index is 1970. The Morgan fingerprint density at radius 1 is 0.298 bits per heavy atom. The van der Waals surface area contributed by atoms with E-state index >= 15 is 0 Å². The van der Waals surface area contributed by atoms with Crippen molar-refractivity contribution < 1.29 is 71.3 Å². The van der Waals surface area contributed by atoms with Gasteiger partial charge in [0, 0.05) is 45.6 Å². The fraction of sp³-hybridized carbons (Fsp3) is 0.949.